The molecule has 108 valence electrons. The van der Waals surface area contributed by atoms with Crippen LogP contribution in [-0.4, -0.2) is 28.0 Å². The van der Waals surface area contributed by atoms with Gasteiger partial charge in [0, 0.05) is 6.54 Å². The Morgan fingerprint density at radius 3 is 2.68 bits per heavy atom. The normalized spacial score (nSPS) is 13.4. The average Bonchev–Trinajstić information content (AvgIpc) is 2.32. The van der Waals surface area contributed by atoms with Gasteiger partial charge in [-0.05, 0) is 27.3 Å². The second kappa shape index (κ2) is 6.52. The molecule has 0 aliphatic carbocycles. The van der Waals surface area contributed by atoms with Crippen LogP contribution in [-0.2, 0) is 6.54 Å². The van der Waals surface area contributed by atoms with Gasteiger partial charge >= 0.3 is 0 Å². The Labute approximate surface area is 122 Å². The third kappa shape index (κ3) is 4.31. The zero-order chi connectivity index (χ0) is 14.6. The maximum absolute atomic E-state index is 11.9. The minimum Gasteiger partial charge on any atom is -0.394 e. The Bertz CT molecular complexity index is 480. The van der Waals surface area contributed by atoms with E-state index in [0.717, 1.165) is 6.54 Å². The standard InChI is InChI=1S/C13H22BrN3O2/c1-9(13(2,3)4)7-15-10-8-16-17(5-6-18)12(19)11(10)14/h8-9,15,18H,5-7H2,1-4H3. The molecule has 1 aromatic rings. The molecule has 6 heteroatoms. The van der Waals surface area contributed by atoms with Gasteiger partial charge in [-0.2, -0.15) is 5.10 Å². The fraction of sp³-hybridized carbons (Fsp3) is 0.692. The lowest BCUT2D eigenvalue weighted by molar-refractivity contribution is 0.265. The van der Waals surface area contributed by atoms with E-state index in [4.69, 9.17) is 5.11 Å². The lowest BCUT2D eigenvalue weighted by Crippen LogP contribution is -2.28. The molecule has 0 saturated carbocycles. The van der Waals surface area contributed by atoms with Crippen molar-refractivity contribution in [2.75, 3.05) is 18.5 Å². The van der Waals surface area contributed by atoms with Crippen molar-refractivity contribution in [1.29, 1.82) is 0 Å². The van der Waals surface area contributed by atoms with Crippen LogP contribution in [0.5, 0.6) is 0 Å². The van der Waals surface area contributed by atoms with Crippen LogP contribution in [0.25, 0.3) is 0 Å². The summed E-state index contributed by atoms with van der Waals surface area (Å²) in [5, 5.41) is 16.1. The maximum Gasteiger partial charge on any atom is 0.283 e. The number of aliphatic hydroxyl groups is 1. The van der Waals surface area contributed by atoms with Crippen molar-refractivity contribution < 1.29 is 5.11 Å². The molecule has 1 unspecified atom stereocenters. The zero-order valence-corrected chi connectivity index (χ0v) is 13.5. The van der Waals surface area contributed by atoms with Gasteiger partial charge in [0.25, 0.3) is 5.56 Å². The monoisotopic (exact) mass is 331 g/mol. The molecule has 2 N–H and O–H groups in total. The largest absolute Gasteiger partial charge is 0.394 e. The SMILES string of the molecule is CC(CNc1cnn(CCO)c(=O)c1Br)C(C)(C)C. The van der Waals surface area contributed by atoms with Gasteiger partial charge in [-0.15, -0.1) is 0 Å². The van der Waals surface area contributed by atoms with Crippen molar-refractivity contribution >= 4 is 21.6 Å². The first-order chi connectivity index (χ1) is 8.77. The van der Waals surface area contributed by atoms with E-state index >= 15 is 0 Å². The first-order valence-corrected chi connectivity index (χ1v) is 7.17. The molecule has 1 rings (SSSR count). The van der Waals surface area contributed by atoms with E-state index in [2.05, 4.69) is 54.0 Å². The minimum atomic E-state index is -0.234. The topological polar surface area (TPSA) is 67.2 Å². The minimum absolute atomic E-state index is 0.104. The fourth-order valence-electron chi connectivity index (χ4n) is 1.41. The number of hydrogen-bond acceptors (Lipinski definition) is 4. The van der Waals surface area contributed by atoms with Gasteiger partial charge in [-0.1, -0.05) is 27.7 Å². The summed E-state index contributed by atoms with van der Waals surface area (Å²) in [4.78, 5) is 11.9. The number of aliphatic hydroxyl groups excluding tert-OH is 1. The van der Waals surface area contributed by atoms with E-state index in [0.29, 0.717) is 16.1 Å². The van der Waals surface area contributed by atoms with Gasteiger partial charge in [-0.25, -0.2) is 4.68 Å². The first kappa shape index (κ1) is 16.2. The predicted octanol–water partition coefficient (Wildman–Crippen LogP) is 2.09. The third-order valence-electron chi connectivity index (χ3n) is 3.37. The van der Waals surface area contributed by atoms with Crippen LogP contribution in [0, 0.1) is 11.3 Å². The van der Waals surface area contributed by atoms with Crippen LogP contribution in [0.1, 0.15) is 27.7 Å². The van der Waals surface area contributed by atoms with Crippen LogP contribution < -0.4 is 10.9 Å². The predicted molar refractivity (Wildman–Crippen MR) is 80.4 cm³/mol. The molecule has 0 aliphatic heterocycles. The number of nitrogens with one attached hydrogen (secondary N) is 1. The van der Waals surface area contributed by atoms with Gasteiger partial charge in [0.2, 0.25) is 0 Å². The van der Waals surface area contributed by atoms with E-state index in [1.165, 1.54) is 4.68 Å². The maximum atomic E-state index is 11.9. The zero-order valence-electron chi connectivity index (χ0n) is 11.9. The molecule has 0 fully saturated rings. The van der Waals surface area contributed by atoms with Gasteiger partial charge < -0.3 is 10.4 Å². The lowest BCUT2D eigenvalue weighted by Gasteiger charge is -2.27. The Hall–Kier alpha value is -0.880. The van der Waals surface area contributed by atoms with Crippen LogP contribution in [0.15, 0.2) is 15.5 Å². The van der Waals surface area contributed by atoms with E-state index in [1.54, 1.807) is 6.20 Å². The molecule has 0 aromatic carbocycles. The molecule has 0 amide bonds. The highest BCUT2D eigenvalue weighted by atomic mass is 79.9. The van der Waals surface area contributed by atoms with Crippen molar-refractivity contribution in [2.24, 2.45) is 11.3 Å². The Kier molecular flexibility index (Phi) is 5.55. The average molecular weight is 332 g/mol. The van der Waals surface area contributed by atoms with Gasteiger partial charge in [0.15, 0.2) is 0 Å². The van der Waals surface area contributed by atoms with Crippen LogP contribution in [0.4, 0.5) is 5.69 Å². The Morgan fingerprint density at radius 2 is 2.16 bits per heavy atom. The van der Waals surface area contributed by atoms with Gasteiger partial charge in [0.05, 0.1) is 25.0 Å². The molecule has 0 aliphatic rings. The van der Waals surface area contributed by atoms with E-state index < -0.39 is 0 Å². The van der Waals surface area contributed by atoms with Crippen molar-refractivity contribution in [3.8, 4) is 0 Å². The van der Waals surface area contributed by atoms with Crippen molar-refractivity contribution in [3.63, 3.8) is 0 Å². The molecule has 5 nitrogen and oxygen atoms in total. The van der Waals surface area contributed by atoms with Gasteiger partial charge in [-0.3, -0.25) is 4.79 Å². The van der Waals surface area contributed by atoms with Crippen molar-refractivity contribution in [3.05, 3.63) is 21.0 Å². The van der Waals surface area contributed by atoms with Crippen LogP contribution >= 0.6 is 15.9 Å². The molecule has 1 aromatic heterocycles. The summed E-state index contributed by atoms with van der Waals surface area (Å²) >= 11 is 3.28. The van der Waals surface area contributed by atoms with E-state index in [-0.39, 0.29) is 24.1 Å². The summed E-state index contributed by atoms with van der Waals surface area (Å²) < 4.78 is 1.69. The molecule has 0 spiro atoms. The quantitative estimate of drug-likeness (QED) is 0.866. The Balaban J connectivity index is 2.81. The molecule has 19 heavy (non-hydrogen) atoms. The fourth-order valence-corrected chi connectivity index (χ4v) is 1.86. The molecular weight excluding hydrogens is 310 g/mol. The first-order valence-electron chi connectivity index (χ1n) is 6.37. The second-order valence-electron chi connectivity index (χ2n) is 5.77. The van der Waals surface area contributed by atoms with E-state index in [1.807, 2.05) is 0 Å². The molecule has 1 atom stereocenters. The molecule has 0 radical (unpaired) electrons. The lowest BCUT2D eigenvalue weighted by atomic mass is 9.82. The number of anilines is 1. The third-order valence-corrected chi connectivity index (χ3v) is 4.14. The molecule has 0 bridgehead atoms. The highest BCUT2D eigenvalue weighted by Gasteiger charge is 2.20. The highest BCUT2D eigenvalue weighted by molar-refractivity contribution is 9.10. The summed E-state index contributed by atoms with van der Waals surface area (Å²) in [6.45, 7) is 9.60. The number of nitrogens with zero attached hydrogens (tertiary/aromatic N) is 2. The molecule has 0 saturated heterocycles. The summed E-state index contributed by atoms with van der Waals surface area (Å²) in [6, 6.07) is 0. The van der Waals surface area contributed by atoms with Crippen LogP contribution in [0.2, 0.25) is 0 Å². The van der Waals surface area contributed by atoms with E-state index in [9.17, 15) is 4.79 Å². The second-order valence-corrected chi connectivity index (χ2v) is 6.57. The van der Waals surface area contributed by atoms with Crippen molar-refractivity contribution in [2.45, 2.75) is 34.2 Å². The molecule has 1 heterocycles. The number of halogens is 1. The van der Waals surface area contributed by atoms with Gasteiger partial charge in [0.1, 0.15) is 4.47 Å². The Morgan fingerprint density at radius 1 is 1.53 bits per heavy atom. The molecular formula is C13H22BrN3O2. The number of rotatable bonds is 5. The van der Waals surface area contributed by atoms with Crippen molar-refractivity contribution in [1.82, 2.24) is 9.78 Å². The highest BCUT2D eigenvalue weighted by Crippen LogP contribution is 2.26. The summed E-state index contributed by atoms with van der Waals surface area (Å²) in [7, 11) is 0. The van der Waals surface area contributed by atoms with Crippen LogP contribution in [0.3, 0.4) is 0 Å². The number of aromatic nitrogens is 2. The summed E-state index contributed by atoms with van der Waals surface area (Å²) in [6.07, 6.45) is 1.61. The smallest absolute Gasteiger partial charge is 0.283 e. The number of hydrogen-bond donors (Lipinski definition) is 2. The summed E-state index contributed by atoms with van der Waals surface area (Å²) in [5.74, 6) is 0.458. The summed E-state index contributed by atoms with van der Waals surface area (Å²) in [5.41, 5.74) is 0.663.